The fourth-order valence-electron chi connectivity index (χ4n) is 2.29. The number of benzene rings is 1. The highest BCUT2D eigenvalue weighted by Gasteiger charge is 2.23. The van der Waals surface area contributed by atoms with Gasteiger partial charge in [-0.05, 0) is 12.1 Å². The van der Waals surface area contributed by atoms with E-state index in [-0.39, 0.29) is 6.04 Å². The van der Waals surface area contributed by atoms with Gasteiger partial charge >= 0.3 is 0 Å². The second-order valence-electron chi connectivity index (χ2n) is 4.69. The molecule has 1 N–H and O–H groups in total. The summed E-state index contributed by atoms with van der Waals surface area (Å²) >= 11 is 0. The molecule has 0 aliphatic carbocycles. The lowest BCUT2D eigenvalue weighted by atomic mass is 10.2. The minimum Gasteiger partial charge on any atom is -0.453 e. The number of hydrogen-bond acceptors (Lipinski definition) is 6. The SMILES string of the molecule is c1ccc2oc(-c3noc(C4COCCN4)n3)cc2c1. The standard InChI is InChI=1S/C14H13N3O3/c1-2-4-11-9(3-1)7-12(19-11)13-16-14(20-17-13)10-8-18-6-5-15-10/h1-4,7,10,15H,5-6,8H2. The molecule has 4 rings (SSSR count). The van der Waals surface area contributed by atoms with Gasteiger partial charge in [0.05, 0.1) is 13.2 Å². The van der Waals surface area contributed by atoms with Crippen LogP contribution < -0.4 is 5.32 Å². The average Bonchev–Trinajstić information content (AvgIpc) is 3.14. The molecule has 2 aromatic heterocycles. The van der Waals surface area contributed by atoms with Crippen LogP contribution in [0.5, 0.6) is 0 Å². The number of fused-ring (bicyclic) bond motifs is 1. The summed E-state index contributed by atoms with van der Waals surface area (Å²) in [4.78, 5) is 4.39. The lowest BCUT2D eigenvalue weighted by Crippen LogP contribution is -2.34. The lowest BCUT2D eigenvalue weighted by molar-refractivity contribution is 0.0659. The predicted molar refractivity (Wildman–Crippen MR) is 71.1 cm³/mol. The molecule has 6 heteroatoms. The van der Waals surface area contributed by atoms with Crippen molar-refractivity contribution < 1.29 is 13.7 Å². The van der Waals surface area contributed by atoms with Crippen molar-refractivity contribution in [3.63, 3.8) is 0 Å². The maximum Gasteiger partial charge on any atom is 0.246 e. The molecule has 1 fully saturated rings. The average molecular weight is 271 g/mol. The summed E-state index contributed by atoms with van der Waals surface area (Å²) in [6, 6.07) is 9.66. The van der Waals surface area contributed by atoms with E-state index in [2.05, 4.69) is 15.5 Å². The van der Waals surface area contributed by atoms with Crippen LogP contribution in [0.1, 0.15) is 11.9 Å². The number of rotatable bonds is 2. The van der Waals surface area contributed by atoms with Crippen molar-refractivity contribution in [1.29, 1.82) is 0 Å². The molecule has 1 aromatic carbocycles. The maximum absolute atomic E-state index is 5.72. The summed E-state index contributed by atoms with van der Waals surface area (Å²) in [6.07, 6.45) is 0. The lowest BCUT2D eigenvalue weighted by Gasteiger charge is -2.20. The van der Waals surface area contributed by atoms with Gasteiger partial charge in [-0.15, -0.1) is 0 Å². The molecule has 0 spiro atoms. The van der Waals surface area contributed by atoms with E-state index >= 15 is 0 Å². The highest BCUT2D eigenvalue weighted by Crippen LogP contribution is 2.26. The van der Waals surface area contributed by atoms with E-state index in [1.165, 1.54) is 0 Å². The third-order valence-corrected chi connectivity index (χ3v) is 3.31. The molecule has 102 valence electrons. The molecular formula is C14H13N3O3. The third-order valence-electron chi connectivity index (χ3n) is 3.31. The molecule has 0 bridgehead atoms. The Morgan fingerprint density at radius 2 is 2.20 bits per heavy atom. The summed E-state index contributed by atoms with van der Waals surface area (Å²) in [5.74, 6) is 1.60. The van der Waals surface area contributed by atoms with E-state index in [1.54, 1.807) is 0 Å². The van der Waals surface area contributed by atoms with Gasteiger partial charge in [0, 0.05) is 11.9 Å². The molecule has 0 saturated carbocycles. The second-order valence-corrected chi connectivity index (χ2v) is 4.69. The molecular weight excluding hydrogens is 258 g/mol. The van der Waals surface area contributed by atoms with Crippen molar-refractivity contribution in [2.45, 2.75) is 6.04 Å². The van der Waals surface area contributed by atoms with Crippen LogP contribution in [-0.4, -0.2) is 29.9 Å². The number of para-hydroxylation sites is 1. The summed E-state index contributed by atoms with van der Waals surface area (Å²) < 4.78 is 16.4. The molecule has 3 aromatic rings. The van der Waals surface area contributed by atoms with Crippen molar-refractivity contribution in [3.05, 3.63) is 36.2 Å². The fraction of sp³-hybridized carbons (Fsp3) is 0.286. The Balaban J connectivity index is 1.66. The minimum absolute atomic E-state index is 0.0469. The summed E-state index contributed by atoms with van der Waals surface area (Å²) in [5, 5.41) is 8.28. The van der Waals surface area contributed by atoms with E-state index in [9.17, 15) is 0 Å². The van der Waals surface area contributed by atoms with Gasteiger partial charge < -0.3 is 19.0 Å². The Hall–Kier alpha value is -2.18. The Morgan fingerprint density at radius 3 is 3.05 bits per heavy atom. The first kappa shape index (κ1) is 11.6. The van der Waals surface area contributed by atoms with E-state index < -0.39 is 0 Å². The van der Waals surface area contributed by atoms with Crippen LogP contribution in [-0.2, 0) is 4.74 Å². The summed E-state index contributed by atoms with van der Waals surface area (Å²) in [5.41, 5.74) is 0.813. The van der Waals surface area contributed by atoms with Crippen LogP contribution in [0.4, 0.5) is 0 Å². The van der Waals surface area contributed by atoms with Gasteiger partial charge in [0.1, 0.15) is 11.6 Å². The van der Waals surface area contributed by atoms with Gasteiger partial charge in [-0.3, -0.25) is 0 Å². The molecule has 1 aliphatic heterocycles. The largest absolute Gasteiger partial charge is 0.453 e. The molecule has 20 heavy (non-hydrogen) atoms. The van der Waals surface area contributed by atoms with Crippen LogP contribution in [0.3, 0.4) is 0 Å². The number of hydrogen-bond donors (Lipinski definition) is 1. The first-order chi connectivity index (χ1) is 9.90. The fourth-order valence-corrected chi connectivity index (χ4v) is 2.29. The maximum atomic E-state index is 5.72. The van der Waals surface area contributed by atoms with Gasteiger partial charge in [0.2, 0.25) is 11.7 Å². The second kappa shape index (κ2) is 4.73. The molecule has 6 nitrogen and oxygen atoms in total. The molecule has 1 unspecified atom stereocenters. The minimum atomic E-state index is -0.0469. The highest BCUT2D eigenvalue weighted by atomic mass is 16.5. The number of aromatic nitrogens is 2. The third kappa shape index (κ3) is 1.99. The van der Waals surface area contributed by atoms with Gasteiger partial charge in [0.25, 0.3) is 0 Å². The van der Waals surface area contributed by atoms with Crippen molar-refractivity contribution >= 4 is 11.0 Å². The highest BCUT2D eigenvalue weighted by molar-refractivity contribution is 5.81. The van der Waals surface area contributed by atoms with E-state index in [0.717, 1.165) is 17.5 Å². The molecule has 3 heterocycles. The zero-order valence-electron chi connectivity index (χ0n) is 10.7. The topological polar surface area (TPSA) is 73.3 Å². The van der Waals surface area contributed by atoms with Crippen molar-refractivity contribution in [2.75, 3.05) is 19.8 Å². The van der Waals surface area contributed by atoms with Crippen LogP contribution in [0.15, 0.2) is 39.3 Å². The molecule has 1 aliphatic rings. The monoisotopic (exact) mass is 271 g/mol. The van der Waals surface area contributed by atoms with Gasteiger partial charge in [-0.25, -0.2) is 0 Å². The van der Waals surface area contributed by atoms with Gasteiger partial charge in [-0.2, -0.15) is 4.98 Å². The molecule has 1 atom stereocenters. The predicted octanol–water partition coefficient (Wildman–Crippen LogP) is 2.14. The number of ether oxygens (including phenoxy) is 1. The Kier molecular flexibility index (Phi) is 2.75. The number of furan rings is 1. The van der Waals surface area contributed by atoms with Crippen molar-refractivity contribution in [1.82, 2.24) is 15.5 Å². The number of nitrogens with zero attached hydrogens (tertiary/aromatic N) is 2. The Morgan fingerprint density at radius 1 is 1.25 bits per heavy atom. The Labute approximate surface area is 114 Å². The first-order valence-electron chi connectivity index (χ1n) is 6.54. The molecule has 1 saturated heterocycles. The van der Waals surface area contributed by atoms with Gasteiger partial charge in [0.15, 0.2) is 5.76 Å². The summed E-state index contributed by atoms with van der Waals surface area (Å²) in [6.45, 7) is 2.04. The van der Waals surface area contributed by atoms with Crippen LogP contribution >= 0.6 is 0 Å². The van der Waals surface area contributed by atoms with Crippen LogP contribution in [0.25, 0.3) is 22.6 Å². The smallest absolute Gasteiger partial charge is 0.246 e. The van der Waals surface area contributed by atoms with E-state index in [4.69, 9.17) is 13.7 Å². The number of nitrogens with one attached hydrogen (secondary N) is 1. The quantitative estimate of drug-likeness (QED) is 0.769. The first-order valence-corrected chi connectivity index (χ1v) is 6.54. The molecule has 0 amide bonds. The van der Waals surface area contributed by atoms with Crippen LogP contribution in [0.2, 0.25) is 0 Å². The van der Waals surface area contributed by atoms with Crippen LogP contribution in [0, 0.1) is 0 Å². The Bertz CT molecular complexity index is 695. The normalized spacial score (nSPS) is 19.5. The van der Waals surface area contributed by atoms with E-state index in [1.807, 2.05) is 30.3 Å². The van der Waals surface area contributed by atoms with Gasteiger partial charge in [-0.1, -0.05) is 23.4 Å². The molecule has 0 radical (unpaired) electrons. The zero-order chi connectivity index (χ0) is 13.4. The number of morpholine rings is 1. The zero-order valence-corrected chi connectivity index (χ0v) is 10.7. The van der Waals surface area contributed by atoms with E-state index in [0.29, 0.717) is 30.7 Å². The van der Waals surface area contributed by atoms with Crippen molar-refractivity contribution in [3.8, 4) is 11.6 Å². The summed E-state index contributed by atoms with van der Waals surface area (Å²) in [7, 11) is 0. The van der Waals surface area contributed by atoms with Crippen molar-refractivity contribution in [2.24, 2.45) is 0 Å².